The summed E-state index contributed by atoms with van der Waals surface area (Å²) in [6.07, 6.45) is 1.76. The molecule has 0 bridgehead atoms. The zero-order valence-corrected chi connectivity index (χ0v) is 20.1. The van der Waals surface area contributed by atoms with E-state index in [2.05, 4.69) is 34.6 Å². The molecule has 0 unspecified atom stereocenters. The van der Waals surface area contributed by atoms with Crippen molar-refractivity contribution < 1.29 is 4.79 Å². The van der Waals surface area contributed by atoms with Crippen LogP contribution < -0.4 is 10.2 Å². The number of halogens is 1. The van der Waals surface area contributed by atoms with Crippen LogP contribution >= 0.6 is 11.6 Å². The van der Waals surface area contributed by atoms with Crippen LogP contribution in [-0.4, -0.2) is 22.9 Å². The molecule has 0 aliphatic rings. The predicted molar refractivity (Wildman–Crippen MR) is 144 cm³/mol. The van der Waals surface area contributed by atoms with Gasteiger partial charge in [0, 0.05) is 36.8 Å². The van der Waals surface area contributed by atoms with Crippen molar-refractivity contribution >= 4 is 45.6 Å². The molecule has 0 saturated carbocycles. The van der Waals surface area contributed by atoms with Crippen LogP contribution in [0.25, 0.3) is 33.0 Å². The molecule has 1 N–H and O–H groups in total. The third-order valence-corrected chi connectivity index (χ3v) is 6.11. The van der Waals surface area contributed by atoms with Gasteiger partial charge in [0.15, 0.2) is 0 Å². The summed E-state index contributed by atoms with van der Waals surface area (Å²) < 4.78 is 0. The Bertz CT molecular complexity index is 1520. The first-order valence-corrected chi connectivity index (χ1v) is 11.6. The highest BCUT2D eigenvalue weighted by molar-refractivity contribution is 6.34. The lowest BCUT2D eigenvalue weighted by Crippen LogP contribution is -2.14. The number of anilines is 3. The SMILES string of the molecule is CC(=O)Nc1cccc(-c2c(Cl)nc(N(C)c3ccccn3)c3c(-c4ccccc4)cccc23)c1. The van der Waals surface area contributed by atoms with Crippen LogP contribution in [0.5, 0.6) is 0 Å². The summed E-state index contributed by atoms with van der Waals surface area (Å²) in [6.45, 7) is 1.49. The molecule has 0 aliphatic heterocycles. The third-order valence-electron chi connectivity index (χ3n) is 5.83. The lowest BCUT2D eigenvalue weighted by atomic mass is 9.93. The Kier molecular flexibility index (Phi) is 6.17. The molecule has 0 saturated heterocycles. The molecule has 6 heteroatoms. The fraction of sp³-hybridized carbons (Fsp3) is 0.0690. The topological polar surface area (TPSA) is 58.1 Å². The summed E-state index contributed by atoms with van der Waals surface area (Å²) in [7, 11) is 1.94. The van der Waals surface area contributed by atoms with E-state index in [0.717, 1.165) is 38.8 Å². The van der Waals surface area contributed by atoms with Gasteiger partial charge >= 0.3 is 0 Å². The second-order valence-corrected chi connectivity index (χ2v) is 8.56. The van der Waals surface area contributed by atoms with Gasteiger partial charge in [-0.25, -0.2) is 9.97 Å². The Morgan fingerprint density at radius 3 is 2.37 bits per heavy atom. The minimum atomic E-state index is -0.130. The number of carbonyl (C=O) groups is 1. The lowest BCUT2D eigenvalue weighted by molar-refractivity contribution is -0.114. The van der Waals surface area contributed by atoms with Crippen LogP contribution in [0, 0.1) is 0 Å². The van der Waals surface area contributed by atoms with Gasteiger partial charge in [-0.05, 0) is 46.3 Å². The Morgan fingerprint density at radius 2 is 1.63 bits per heavy atom. The highest BCUT2D eigenvalue weighted by Crippen LogP contribution is 2.43. The Labute approximate surface area is 209 Å². The summed E-state index contributed by atoms with van der Waals surface area (Å²) in [6, 6.07) is 29.8. The monoisotopic (exact) mass is 478 g/mol. The number of aromatic nitrogens is 2. The second-order valence-electron chi connectivity index (χ2n) is 8.20. The van der Waals surface area contributed by atoms with E-state index in [0.29, 0.717) is 16.7 Å². The smallest absolute Gasteiger partial charge is 0.221 e. The van der Waals surface area contributed by atoms with Gasteiger partial charge in [0.25, 0.3) is 0 Å². The van der Waals surface area contributed by atoms with Gasteiger partial charge in [0.1, 0.15) is 16.8 Å². The maximum atomic E-state index is 11.6. The van der Waals surface area contributed by atoms with Crippen LogP contribution in [-0.2, 0) is 4.79 Å². The van der Waals surface area contributed by atoms with Crippen molar-refractivity contribution in [2.75, 3.05) is 17.3 Å². The molecular weight excluding hydrogens is 456 g/mol. The first-order valence-electron chi connectivity index (χ1n) is 11.2. The van der Waals surface area contributed by atoms with Gasteiger partial charge in [-0.3, -0.25) is 4.79 Å². The average Bonchev–Trinajstić information content (AvgIpc) is 2.88. The summed E-state index contributed by atoms with van der Waals surface area (Å²) in [5, 5.41) is 5.16. The van der Waals surface area contributed by atoms with Crippen LogP contribution in [0.15, 0.2) is 97.2 Å². The molecule has 0 atom stereocenters. The highest BCUT2D eigenvalue weighted by Gasteiger charge is 2.21. The molecule has 0 fully saturated rings. The Hall–Kier alpha value is -4.22. The normalized spacial score (nSPS) is 10.8. The standard InChI is InChI=1S/C29H23ClN4O/c1-19(35)32-22-13-8-12-21(18-22)26-24-15-9-14-23(20-10-4-3-5-11-20)27(24)29(33-28(26)30)34(2)25-16-6-7-17-31-25/h3-18H,1-2H3,(H,32,35). The van der Waals surface area contributed by atoms with E-state index in [-0.39, 0.29) is 5.91 Å². The lowest BCUT2D eigenvalue weighted by Gasteiger charge is -2.23. The Morgan fingerprint density at radius 1 is 0.886 bits per heavy atom. The van der Waals surface area contributed by atoms with E-state index < -0.39 is 0 Å². The number of hydrogen-bond acceptors (Lipinski definition) is 4. The zero-order chi connectivity index (χ0) is 24.4. The van der Waals surface area contributed by atoms with Gasteiger partial charge in [0.2, 0.25) is 5.91 Å². The van der Waals surface area contributed by atoms with E-state index in [1.54, 1.807) is 6.20 Å². The number of benzene rings is 3. The number of nitrogens with zero attached hydrogens (tertiary/aromatic N) is 3. The number of amides is 1. The number of hydrogen-bond donors (Lipinski definition) is 1. The van der Waals surface area contributed by atoms with E-state index in [1.807, 2.05) is 78.7 Å². The maximum Gasteiger partial charge on any atom is 0.221 e. The van der Waals surface area contributed by atoms with Crippen LogP contribution in [0.3, 0.4) is 0 Å². The van der Waals surface area contributed by atoms with E-state index in [9.17, 15) is 4.79 Å². The minimum absolute atomic E-state index is 0.130. The minimum Gasteiger partial charge on any atom is -0.326 e. The largest absolute Gasteiger partial charge is 0.326 e. The molecule has 35 heavy (non-hydrogen) atoms. The Balaban J connectivity index is 1.82. The number of carbonyl (C=O) groups excluding carboxylic acids is 1. The molecule has 172 valence electrons. The van der Waals surface area contributed by atoms with E-state index in [4.69, 9.17) is 16.6 Å². The van der Waals surface area contributed by atoms with Crippen molar-refractivity contribution in [1.29, 1.82) is 0 Å². The van der Waals surface area contributed by atoms with Crippen LogP contribution in [0.1, 0.15) is 6.92 Å². The molecule has 5 aromatic rings. The molecule has 2 heterocycles. The van der Waals surface area contributed by atoms with Crippen molar-refractivity contribution in [3.05, 3.63) is 102 Å². The molecular formula is C29H23ClN4O. The van der Waals surface area contributed by atoms with Crippen molar-refractivity contribution in [1.82, 2.24) is 9.97 Å². The predicted octanol–water partition coefficient (Wildman–Crippen LogP) is 7.34. The summed E-state index contributed by atoms with van der Waals surface area (Å²) >= 11 is 6.89. The van der Waals surface area contributed by atoms with Gasteiger partial charge in [-0.2, -0.15) is 0 Å². The summed E-state index contributed by atoms with van der Waals surface area (Å²) in [5.41, 5.74) is 4.51. The molecule has 5 nitrogen and oxygen atoms in total. The third kappa shape index (κ3) is 4.46. The van der Waals surface area contributed by atoms with Gasteiger partial charge < -0.3 is 10.2 Å². The highest BCUT2D eigenvalue weighted by atomic mass is 35.5. The maximum absolute atomic E-state index is 11.6. The first-order chi connectivity index (χ1) is 17.0. The number of rotatable bonds is 5. The molecule has 0 radical (unpaired) electrons. The van der Waals surface area contributed by atoms with Crippen molar-refractivity contribution in [3.8, 4) is 22.3 Å². The van der Waals surface area contributed by atoms with Crippen LogP contribution in [0.4, 0.5) is 17.3 Å². The zero-order valence-electron chi connectivity index (χ0n) is 19.4. The quantitative estimate of drug-likeness (QED) is 0.268. The van der Waals surface area contributed by atoms with Gasteiger partial charge in [-0.15, -0.1) is 0 Å². The van der Waals surface area contributed by atoms with Crippen molar-refractivity contribution in [2.24, 2.45) is 0 Å². The molecule has 1 amide bonds. The summed E-state index contributed by atoms with van der Waals surface area (Å²) in [4.78, 5) is 23.0. The molecule has 3 aromatic carbocycles. The van der Waals surface area contributed by atoms with Crippen LogP contribution in [0.2, 0.25) is 5.15 Å². The molecule has 2 aromatic heterocycles. The number of pyridine rings is 2. The molecule has 0 spiro atoms. The second kappa shape index (κ2) is 9.57. The van der Waals surface area contributed by atoms with E-state index >= 15 is 0 Å². The molecule has 5 rings (SSSR count). The average molecular weight is 479 g/mol. The van der Waals surface area contributed by atoms with Crippen molar-refractivity contribution in [2.45, 2.75) is 6.92 Å². The molecule has 0 aliphatic carbocycles. The number of nitrogens with one attached hydrogen (secondary N) is 1. The number of fused-ring (bicyclic) bond motifs is 1. The fourth-order valence-electron chi connectivity index (χ4n) is 4.31. The summed E-state index contributed by atoms with van der Waals surface area (Å²) in [5.74, 6) is 1.35. The van der Waals surface area contributed by atoms with Gasteiger partial charge in [0.05, 0.1) is 0 Å². The van der Waals surface area contributed by atoms with E-state index in [1.165, 1.54) is 6.92 Å². The fourth-order valence-corrected chi connectivity index (χ4v) is 4.60. The van der Waals surface area contributed by atoms with Gasteiger partial charge in [-0.1, -0.05) is 78.3 Å². The van der Waals surface area contributed by atoms with Crippen molar-refractivity contribution in [3.63, 3.8) is 0 Å². The first kappa shape index (κ1) is 22.6.